The van der Waals surface area contributed by atoms with E-state index in [1.165, 1.54) is 25.9 Å². The summed E-state index contributed by atoms with van der Waals surface area (Å²) in [5, 5.41) is 0.749. The molecule has 1 nitrogen and oxygen atoms in total. The van der Waals surface area contributed by atoms with E-state index >= 15 is 0 Å². The molecule has 0 radical (unpaired) electrons. The van der Waals surface area contributed by atoms with Crippen molar-refractivity contribution < 1.29 is 0 Å². The molecule has 0 unspecified atom stereocenters. The van der Waals surface area contributed by atoms with Crippen molar-refractivity contribution in [2.24, 2.45) is 0 Å². The van der Waals surface area contributed by atoms with E-state index in [0.717, 1.165) is 5.25 Å². The van der Waals surface area contributed by atoms with Crippen LogP contribution in [-0.2, 0) is 0 Å². The van der Waals surface area contributed by atoms with E-state index < -0.39 is 0 Å². The highest BCUT2D eigenvalue weighted by Crippen LogP contribution is 2.52. The van der Waals surface area contributed by atoms with Crippen molar-refractivity contribution in [1.82, 2.24) is 4.90 Å². The van der Waals surface area contributed by atoms with Crippen molar-refractivity contribution in [3.63, 3.8) is 0 Å². The number of likely N-dealkylation sites (tertiary alicyclic amines) is 1. The smallest absolute Gasteiger partial charge is 0.0398 e. The standard InChI is InChI=1S/C12H21NS/c1-9-10(2)12(14-11(9)3)5-7-13(4)8-6-12/h11H,5-8H2,1-4H3/t11-/m0/s1. The number of rotatable bonds is 0. The fourth-order valence-corrected chi connectivity index (χ4v) is 4.44. The first-order valence-corrected chi connectivity index (χ1v) is 6.47. The molecule has 1 saturated heterocycles. The molecule has 0 aromatic heterocycles. The van der Waals surface area contributed by atoms with Crippen molar-refractivity contribution in [3.05, 3.63) is 11.1 Å². The predicted octanol–water partition coefficient (Wildman–Crippen LogP) is 2.92. The second-order valence-electron chi connectivity index (χ2n) is 4.87. The van der Waals surface area contributed by atoms with Crippen molar-refractivity contribution in [1.29, 1.82) is 0 Å². The van der Waals surface area contributed by atoms with Crippen LogP contribution in [0, 0.1) is 0 Å². The van der Waals surface area contributed by atoms with Gasteiger partial charge in [0.05, 0.1) is 0 Å². The summed E-state index contributed by atoms with van der Waals surface area (Å²) in [7, 11) is 2.24. The van der Waals surface area contributed by atoms with Crippen LogP contribution in [0.1, 0.15) is 33.6 Å². The summed E-state index contributed by atoms with van der Waals surface area (Å²) < 4.78 is 0.510. The molecular weight excluding hydrogens is 190 g/mol. The third kappa shape index (κ3) is 1.53. The summed E-state index contributed by atoms with van der Waals surface area (Å²) in [6, 6.07) is 0. The van der Waals surface area contributed by atoms with Gasteiger partial charge < -0.3 is 4.90 Å². The van der Waals surface area contributed by atoms with Crippen LogP contribution in [0.3, 0.4) is 0 Å². The van der Waals surface area contributed by atoms with Crippen molar-refractivity contribution in [2.75, 3.05) is 20.1 Å². The van der Waals surface area contributed by atoms with Crippen molar-refractivity contribution in [2.45, 2.75) is 43.6 Å². The molecule has 2 aliphatic rings. The Hall–Kier alpha value is 0.0500. The van der Waals surface area contributed by atoms with Crippen LogP contribution in [0.25, 0.3) is 0 Å². The lowest BCUT2D eigenvalue weighted by molar-refractivity contribution is 0.254. The van der Waals surface area contributed by atoms with Crippen LogP contribution in [0.5, 0.6) is 0 Å². The molecule has 1 fully saturated rings. The van der Waals surface area contributed by atoms with E-state index in [1.807, 2.05) is 0 Å². The molecule has 2 heterocycles. The van der Waals surface area contributed by atoms with Gasteiger partial charge in [0, 0.05) is 10.00 Å². The van der Waals surface area contributed by atoms with Crippen LogP contribution in [-0.4, -0.2) is 35.0 Å². The number of piperidine rings is 1. The van der Waals surface area contributed by atoms with Crippen LogP contribution in [0.4, 0.5) is 0 Å². The summed E-state index contributed by atoms with van der Waals surface area (Å²) >= 11 is 2.21. The summed E-state index contributed by atoms with van der Waals surface area (Å²) in [4.78, 5) is 2.46. The zero-order valence-electron chi connectivity index (χ0n) is 9.76. The van der Waals surface area contributed by atoms with E-state index in [4.69, 9.17) is 0 Å². The Labute approximate surface area is 91.9 Å². The fraction of sp³-hybridized carbons (Fsp3) is 0.833. The lowest BCUT2D eigenvalue weighted by Crippen LogP contribution is -2.40. The molecule has 0 aliphatic carbocycles. The highest BCUT2D eigenvalue weighted by atomic mass is 32.2. The van der Waals surface area contributed by atoms with Gasteiger partial charge in [0.15, 0.2) is 0 Å². The van der Waals surface area contributed by atoms with Crippen LogP contribution < -0.4 is 0 Å². The number of nitrogens with zero attached hydrogens (tertiary/aromatic N) is 1. The lowest BCUT2D eigenvalue weighted by Gasteiger charge is -2.38. The molecule has 2 heteroatoms. The van der Waals surface area contributed by atoms with Crippen LogP contribution in [0.2, 0.25) is 0 Å². The minimum absolute atomic E-state index is 0.510. The van der Waals surface area contributed by atoms with E-state index in [0.29, 0.717) is 4.75 Å². The number of hydrogen-bond donors (Lipinski definition) is 0. The summed E-state index contributed by atoms with van der Waals surface area (Å²) in [5.41, 5.74) is 3.32. The van der Waals surface area contributed by atoms with Crippen molar-refractivity contribution in [3.8, 4) is 0 Å². The fourth-order valence-electron chi connectivity index (χ4n) is 2.65. The van der Waals surface area contributed by atoms with Gasteiger partial charge >= 0.3 is 0 Å². The predicted molar refractivity (Wildman–Crippen MR) is 64.9 cm³/mol. The van der Waals surface area contributed by atoms with E-state index in [1.54, 1.807) is 11.1 Å². The Morgan fingerprint density at radius 2 is 1.86 bits per heavy atom. The molecule has 1 spiro atoms. The lowest BCUT2D eigenvalue weighted by atomic mass is 9.86. The molecule has 2 rings (SSSR count). The monoisotopic (exact) mass is 211 g/mol. The molecule has 14 heavy (non-hydrogen) atoms. The minimum atomic E-state index is 0.510. The topological polar surface area (TPSA) is 3.24 Å². The third-order valence-corrected chi connectivity index (χ3v) is 5.95. The van der Waals surface area contributed by atoms with Gasteiger partial charge in [0.25, 0.3) is 0 Å². The summed E-state index contributed by atoms with van der Waals surface area (Å²) in [6.45, 7) is 9.57. The zero-order chi connectivity index (χ0) is 10.3. The van der Waals surface area contributed by atoms with E-state index in [9.17, 15) is 0 Å². The van der Waals surface area contributed by atoms with Gasteiger partial charge in [-0.3, -0.25) is 0 Å². The zero-order valence-corrected chi connectivity index (χ0v) is 10.6. The first kappa shape index (κ1) is 10.6. The minimum Gasteiger partial charge on any atom is -0.306 e. The Morgan fingerprint density at radius 1 is 1.29 bits per heavy atom. The van der Waals surface area contributed by atoms with Crippen LogP contribution in [0.15, 0.2) is 11.1 Å². The second kappa shape index (κ2) is 3.57. The van der Waals surface area contributed by atoms with Gasteiger partial charge in [-0.05, 0) is 53.8 Å². The maximum absolute atomic E-state index is 2.46. The molecule has 0 amide bonds. The largest absolute Gasteiger partial charge is 0.306 e. The molecule has 0 bridgehead atoms. The maximum Gasteiger partial charge on any atom is 0.0398 e. The average Bonchev–Trinajstić information content (AvgIpc) is 2.37. The molecule has 0 aromatic carbocycles. The van der Waals surface area contributed by atoms with Gasteiger partial charge in [-0.15, -0.1) is 11.8 Å². The molecular formula is C12H21NS. The highest BCUT2D eigenvalue weighted by molar-refractivity contribution is 8.02. The SMILES string of the molecule is CC1=C(C)C2(CCN(C)CC2)S[C@H]1C. The average molecular weight is 211 g/mol. The van der Waals surface area contributed by atoms with Gasteiger partial charge in [-0.25, -0.2) is 0 Å². The number of thioether (sulfide) groups is 1. The molecule has 1 atom stereocenters. The summed E-state index contributed by atoms with van der Waals surface area (Å²) in [5.74, 6) is 0. The highest BCUT2D eigenvalue weighted by Gasteiger charge is 2.42. The van der Waals surface area contributed by atoms with Gasteiger partial charge in [-0.2, -0.15) is 0 Å². The molecule has 80 valence electrons. The Bertz CT molecular complexity index is 261. The van der Waals surface area contributed by atoms with Gasteiger partial charge in [-0.1, -0.05) is 11.1 Å². The second-order valence-corrected chi connectivity index (χ2v) is 6.59. The normalized spacial score (nSPS) is 33.0. The van der Waals surface area contributed by atoms with Crippen LogP contribution >= 0.6 is 11.8 Å². The maximum atomic E-state index is 2.46. The number of hydrogen-bond acceptors (Lipinski definition) is 2. The Morgan fingerprint density at radius 3 is 2.29 bits per heavy atom. The summed E-state index contributed by atoms with van der Waals surface area (Å²) in [6.07, 6.45) is 2.70. The molecule has 0 saturated carbocycles. The molecule has 0 N–H and O–H groups in total. The van der Waals surface area contributed by atoms with Gasteiger partial charge in [0.2, 0.25) is 0 Å². The van der Waals surface area contributed by atoms with Gasteiger partial charge in [0.1, 0.15) is 0 Å². The van der Waals surface area contributed by atoms with Crippen molar-refractivity contribution >= 4 is 11.8 Å². The first-order chi connectivity index (χ1) is 6.55. The first-order valence-electron chi connectivity index (χ1n) is 5.59. The van der Waals surface area contributed by atoms with E-state index in [2.05, 4.69) is 44.5 Å². The van der Waals surface area contributed by atoms with E-state index in [-0.39, 0.29) is 0 Å². The third-order valence-electron chi connectivity index (χ3n) is 4.08. The molecule has 0 aromatic rings. The molecule has 2 aliphatic heterocycles. The quantitative estimate of drug-likeness (QED) is 0.567. The Balaban J connectivity index is 2.19. The Kier molecular flexibility index (Phi) is 2.69.